The van der Waals surface area contributed by atoms with Crippen LogP contribution in [-0.2, 0) is 0 Å². The van der Waals surface area contributed by atoms with Crippen LogP contribution in [0.25, 0.3) is 0 Å². The fourth-order valence-corrected chi connectivity index (χ4v) is 5.26. The second-order valence-corrected chi connectivity index (χ2v) is 12.1. The van der Waals surface area contributed by atoms with Gasteiger partial charge in [-0.25, -0.2) is 0 Å². The molecule has 0 N–H and O–H groups in total. The average molecular weight is 624 g/mol. The van der Waals surface area contributed by atoms with Gasteiger partial charge in [0.15, 0.2) is 7.14 Å². The van der Waals surface area contributed by atoms with E-state index < -0.39 is 17.7 Å². The van der Waals surface area contributed by atoms with Crippen LogP contribution in [0.15, 0.2) is 82.6 Å². The van der Waals surface area contributed by atoms with Crippen molar-refractivity contribution in [1.82, 2.24) is 0 Å². The monoisotopic (exact) mass is 624 g/mol. The molecule has 0 unspecified atom stereocenters. The zero-order valence-electron chi connectivity index (χ0n) is 16.0. The third-order valence-electron chi connectivity index (χ3n) is 3.34. The van der Waals surface area contributed by atoms with Crippen LogP contribution in [0.4, 0.5) is 36.6 Å². The molecule has 0 radical (unpaired) electrons. The normalized spacial score (nSPS) is 13.2. The Bertz CT molecular complexity index is 1160. The first-order valence-corrected chi connectivity index (χ1v) is 13.5. The van der Waals surface area contributed by atoms with Crippen molar-refractivity contribution in [2.45, 2.75) is 9.79 Å². The van der Waals surface area contributed by atoms with Crippen LogP contribution in [0.5, 0.6) is 0 Å². The van der Waals surface area contributed by atoms with Crippen molar-refractivity contribution in [3.63, 3.8) is 0 Å². The minimum absolute atomic E-state index is 0.259. The van der Waals surface area contributed by atoms with Gasteiger partial charge in [0.05, 0.1) is 20.8 Å². The summed E-state index contributed by atoms with van der Waals surface area (Å²) in [7, 11) is -10.7. The fraction of sp³-hybridized carbons (Fsp3) is 0. The fourth-order valence-electron chi connectivity index (χ4n) is 2.14. The van der Waals surface area contributed by atoms with Crippen LogP contribution in [0.2, 0.25) is 0 Å². The summed E-state index contributed by atoms with van der Waals surface area (Å²) in [4.78, 5) is 22.0. The van der Waals surface area contributed by atoms with Crippen molar-refractivity contribution in [2.75, 3.05) is 0 Å². The van der Waals surface area contributed by atoms with Gasteiger partial charge >= 0.3 is 54.2 Å². The molecule has 0 bridgehead atoms. The molecular weight excluding hydrogens is 612 g/mol. The summed E-state index contributed by atoms with van der Waals surface area (Å²) in [6.45, 7) is 0. The average Bonchev–Trinajstić information content (AvgIpc) is 2.68. The number of nitrogens with zero attached hydrogens (tertiary/aromatic N) is 2. The molecule has 33 heavy (non-hydrogen) atoms. The zero-order chi connectivity index (χ0) is 24.9. The Hall–Kier alpha value is -2.45. The first-order chi connectivity index (χ1) is 15.0. The van der Waals surface area contributed by atoms with E-state index in [4.69, 9.17) is 0 Å². The molecule has 0 aliphatic rings. The van der Waals surface area contributed by atoms with Crippen molar-refractivity contribution in [1.29, 1.82) is 0 Å². The number of rotatable bonds is 6. The first-order valence-electron chi connectivity index (χ1n) is 8.45. The summed E-state index contributed by atoms with van der Waals surface area (Å²) in [6.07, 6.45) is 0. The van der Waals surface area contributed by atoms with Gasteiger partial charge in [-0.2, -0.15) is 0 Å². The number of halogens is 7. The summed E-state index contributed by atoms with van der Waals surface area (Å²) >= 11 is 0.960. The van der Waals surface area contributed by atoms with E-state index in [-0.39, 0.29) is 32.6 Å². The molecule has 15 heteroatoms. The summed E-state index contributed by atoms with van der Waals surface area (Å²) in [5, 5.41) is 22.0. The van der Waals surface area contributed by atoms with E-state index in [1.807, 2.05) is 42.5 Å². The number of hydrogen-bond acceptors (Lipinski definition) is 5. The minimum atomic E-state index is -10.7. The Balaban J connectivity index is 0.000000479. The van der Waals surface area contributed by atoms with Gasteiger partial charge in [-0.05, 0) is 42.5 Å². The van der Waals surface area contributed by atoms with Crippen molar-refractivity contribution in [3.8, 4) is 0 Å². The Morgan fingerprint density at radius 2 is 1.24 bits per heavy atom. The number of nitro groups is 2. The largest absolute Gasteiger partial charge is 0.357 e. The van der Waals surface area contributed by atoms with Crippen LogP contribution in [0.1, 0.15) is 0 Å². The third kappa shape index (κ3) is 11.3. The van der Waals surface area contributed by atoms with E-state index in [1.54, 1.807) is 0 Å². The van der Waals surface area contributed by atoms with Crippen LogP contribution >= 0.6 is 19.6 Å². The molecule has 3 aromatic rings. The molecule has 0 atom stereocenters. The maximum absolute atomic E-state index is 11.2. The molecule has 0 amide bonds. The van der Waals surface area contributed by atoms with E-state index in [0.29, 0.717) is 4.90 Å². The Labute approximate surface area is 196 Å². The van der Waals surface area contributed by atoms with Gasteiger partial charge in [-0.15, -0.1) is 0 Å². The second-order valence-electron chi connectivity index (χ2n) is 6.07. The van der Waals surface area contributed by atoms with Crippen molar-refractivity contribution >= 4 is 30.9 Å². The number of hydrogen-bond donors (Lipinski definition) is 0. The van der Waals surface area contributed by atoms with Crippen molar-refractivity contribution in [3.05, 3.63) is 100 Å². The summed E-state index contributed by atoms with van der Waals surface area (Å²) in [5.41, 5.74) is -0.547. The van der Waals surface area contributed by atoms with Crippen molar-refractivity contribution in [2.24, 2.45) is 0 Å². The summed E-state index contributed by atoms with van der Waals surface area (Å²) in [6, 6.07) is 21.9. The molecule has 3 aromatic carbocycles. The SMILES string of the molecule is F[P-](F)(F)(F)(F)F.O=[N+]([O-])c1ccc(Sc2ccc([I+]c3ccccc3)cc2)c([N+](=O)[O-])c1. The molecule has 0 heterocycles. The predicted octanol–water partition coefficient (Wildman–Crippen LogP) is 5.17. The standard InChI is InChI=1S/C18H12IN2O4S.F6P/c22-20(23)15-8-11-18(17(12-15)21(24)25)26-16-9-6-14(7-10-16)19-13-4-2-1-3-5-13;1-7(2,3,4,5)6/h1-12H;/q+1;-1. The van der Waals surface area contributed by atoms with E-state index in [2.05, 4.69) is 12.1 Å². The predicted molar refractivity (Wildman–Crippen MR) is 108 cm³/mol. The molecule has 178 valence electrons. The van der Waals surface area contributed by atoms with E-state index >= 15 is 0 Å². The molecule has 0 aliphatic heterocycles. The second kappa shape index (κ2) is 9.43. The quantitative estimate of drug-likeness (QED) is 0.124. The van der Waals surface area contributed by atoms with Crippen LogP contribution < -0.4 is 21.2 Å². The van der Waals surface area contributed by atoms with Gasteiger partial charge in [0, 0.05) is 11.0 Å². The molecule has 0 aliphatic carbocycles. The van der Waals surface area contributed by atoms with Gasteiger partial charge in [0.2, 0.25) is 0 Å². The molecule has 0 aromatic heterocycles. The first kappa shape index (κ1) is 26.8. The number of benzene rings is 3. The topological polar surface area (TPSA) is 86.3 Å². The molecular formula is C18H12F6IN2O4PS. The maximum Gasteiger partial charge on any atom is 0.357 e. The molecule has 6 nitrogen and oxygen atoms in total. The van der Waals surface area contributed by atoms with Crippen LogP contribution in [0.3, 0.4) is 0 Å². The minimum Gasteiger partial charge on any atom is -0.258 e. The molecule has 3 rings (SSSR count). The maximum atomic E-state index is 11.2. The summed E-state index contributed by atoms with van der Waals surface area (Å²) < 4.78 is 61.8. The van der Waals surface area contributed by atoms with E-state index in [0.717, 1.165) is 11.0 Å². The Kier molecular flexibility index (Phi) is 7.65. The van der Waals surface area contributed by atoms with Gasteiger partial charge < -0.3 is 0 Å². The number of non-ortho nitro benzene ring substituents is 1. The van der Waals surface area contributed by atoms with Gasteiger partial charge in [-0.1, -0.05) is 30.0 Å². The van der Waals surface area contributed by atoms with E-state index in [9.17, 15) is 45.4 Å². The molecule has 0 saturated heterocycles. The molecule has 0 spiro atoms. The molecule has 0 saturated carbocycles. The van der Waals surface area contributed by atoms with Crippen LogP contribution in [0, 0.1) is 27.4 Å². The Morgan fingerprint density at radius 1 is 0.727 bits per heavy atom. The zero-order valence-corrected chi connectivity index (χ0v) is 19.8. The third-order valence-corrected chi connectivity index (χ3v) is 7.10. The Morgan fingerprint density at radius 3 is 1.73 bits per heavy atom. The van der Waals surface area contributed by atoms with Gasteiger partial charge in [0.25, 0.3) is 11.4 Å². The van der Waals surface area contributed by atoms with Gasteiger partial charge in [-0.3, -0.25) is 20.2 Å². The van der Waals surface area contributed by atoms with Crippen LogP contribution in [-0.4, -0.2) is 9.85 Å². The summed E-state index contributed by atoms with van der Waals surface area (Å²) in [5.74, 6) is 0. The molecule has 0 fully saturated rings. The van der Waals surface area contributed by atoms with E-state index in [1.165, 1.54) is 31.0 Å². The number of nitro benzene ring substituents is 2. The van der Waals surface area contributed by atoms with Crippen molar-refractivity contribution < 1.29 is 56.2 Å². The van der Waals surface area contributed by atoms with Gasteiger partial charge in [0.1, 0.15) is 0 Å². The smallest absolute Gasteiger partial charge is 0.258 e.